The second-order valence-corrected chi connectivity index (χ2v) is 9.15. The molecule has 1 aliphatic rings. The van der Waals surface area contributed by atoms with E-state index in [4.69, 9.17) is 0 Å². The van der Waals surface area contributed by atoms with E-state index in [1.165, 1.54) is 11.3 Å². The Morgan fingerprint density at radius 1 is 1.31 bits per heavy atom. The number of para-hydroxylation sites is 1. The summed E-state index contributed by atoms with van der Waals surface area (Å²) < 4.78 is 0. The molecule has 1 aliphatic heterocycles. The zero-order valence-electron chi connectivity index (χ0n) is 18.4. The van der Waals surface area contributed by atoms with Crippen molar-refractivity contribution < 1.29 is 9.90 Å². The number of piperazine rings is 1. The van der Waals surface area contributed by atoms with Gasteiger partial charge in [0.1, 0.15) is 11.1 Å². The van der Waals surface area contributed by atoms with Gasteiger partial charge in [-0.15, -0.1) is 0 Å². The maximum absolute atomic E-state index is 13.1. The molecule has 32 heavy (non-hydrogen) atoms. The Kier molecular flexibility index (Phi) is 7.75. The zero-order valence-corrected chi connectivity index (χ0v) is 19.3. The molecule has 0 radical (unpaired) electrons. The van der Waals surface area contributed by atoms with Gasteiger partial charge in [-0.05, 0) is 31.0 Å². The van der Waals surface area contributed by atoms with Gasteiger partial charge in [-0.3, -0.25) is 10.1 Å². The lowest BCUT2D eigenvalue weighted by Crippen LogP contribution is -2.51. The van der Waals surface area contributed by atoms with Crippen molar-refractivity contribution in [1.82, 2.24) is 25.9 Å². The van der Waals surface area contributed by atoms with Gasteiger partial charge in [0.2, 0.25) is 0 Å². The van der Waals surface area contributed by atoms with Gasteiger partial charge in [0.25, 0.3) is 5.91 Å². The third-order valence-electron chi connectivity index (χ3n) is 5.80. The van der Waals surface area contributed by atoms with E-state index in [2.05, 4.69) is 43.8 Å². The summed E-state index contributed by atoms with van der Waals surface area (Å²) in [6, 6.07) is 7.60. The number of amides is 1. The summed E-state index contributed by atoms with van der Waals surface area (Å²) in [6.45, 7) is 6.42. The van der Waals surface area contributed by atoms with Gasteiger partial charge in [-0.2, -0.15) is 0 Å². The lowest BCUT2D eigenvalue weighted by Gasteiger charge is -2.26. The number of aromatic amines is 1. The molecule has 172 valence electrons. The Balaban J connectivity index is 1.48. The van der Waals surface area contributed by atoms with Gasteiger partial charge < -0.3 is 25.6 Å². The third-order valence-corrected chi connectivity index (χ3v) is 6.86. The van der Waals surface area contributed by atoms with E-state index in [1.54, 1.807) is 6.20 Å². The molecular weight excluding hydrogens is 424 g/mol. The first-order valence-electron chi connectivity index (χ1n) is 11.3. The number of nitrogens with zero attached hydrogens (tertiary/aromatic N) is 2. The summed E-state index contributed by atoms with van der Waals surface area (Å²) in [6.07, 6.45) is 5.26. The zero-order chi connectivity index (χ0) is 22.3. The van der Waals surface area contributed by atoms with Crippen LogP contribution in [0.3, 0.4) is 0 Å². The number of rotatable bonds is 10. The highest BCUT2D eigenvalue weighted by molar-refractivity contribution is 7.17. The number of fused-ring (bicyclic) bond motifs is 1. The summed E-state index contributed by atoms with van der Waals surface area (Å²) >= 11 is 1.40. The van der Waals surface area contributed by atoms with E-state index in [0.29, 0.717) is 17.8 Å². The van der Waals surface area contributed by atoms with E-state index in [9.17, 15) is 9.90 Å². The number of hydrogen-bond acceptors (Lipinski definition) is 7. The normalized spacial score (nSPS) is 16.2. The second-order valence-electron chi connectivity index (χ2n) is 8.14. The van der Waals surface area contributed by atoms with Gasteiger partial charge in [-0.1, -0.05) is 42.9 Å². The molecule has 3 aromatic rings. The number of aliphatic hydroxyl groups is 1. The first kappa shape index (κ1) is 22.7. The highest BCUT2D eigenvalue weighted by atomic mass is 32.1. The summed E-state index contributed by atoms with van der Waals surface area (Å²) in [7, 11) is 0. The van der Waals surface area contributed by atoms with Gasteiger partial charge in [-0.25, -0.2) is 4.98 Å². The van der Waals surface area contributed by atoms with Gasteiger partial charge in [0.05, 0.1) is 12.2 Å². The number of thiazole rings is 1. The summed E-state index contributed by atoms with van der Waals surface area (Å²) in [5.41, 5.74) is 2.11. The van der Waals surface area contributed by atoms with Crippen LogP contribution in [0.15, 0.2) is 36.7 Å². The smallest absolute Gasteiger partial charge is 0.263 e. The molecule has 0 bridgehead atoms. The van der Waals surface area contributed by atoms with Crippen LogP contribution in [0.5, 0.6) is 0 Å². The van der Waals surface area contributed by atoms with Crippen molar-refractivity contribution in [3.63, 3.8) is 0 Å². The molecule has 0 spiro atoms. The first-order chi connectivity index (χ1) is 15.7. The van der Waals surface area contributed by atoms with Crippen LogP contribution in [-0.2, 0) is 6.42 Å². The molecule has 3 heterocycles. The SMILES string of the molecule is CCCCNC(O)C(Cc1c[nH]c2ccccc12)NC(=O)c1cnc(N2CCNCC2)s1. The molecule has 2 unspecified atom stereocenters. The minimum atomic E-state index is -0.847. The molecule has 1 saturated heterocycles. The molecule has 8 nitrogen and oxygen atoms in total. The van der Waals surface area contributed by atoms with E-state index in [-0.39, 0.29) is 5.91 Å². The van der Waals surface area contributed by atoms with Gasteiger partial charge in [0.15, 0.2) is 5.13 Å². The maximum Gasteiger partial charge on any atom is 0.263 e. The van der Waals surface area contributed by atoms with Crippen LogP contribution in [-0.4, -0.2) is 66.0 Å². The molecule has 2 aromatic heterocycles. The molecule has 0 saturated carbocycles. The molecule has 9 heteroatoms. The monoisotopic (exact) mass is 456 g/mol. The second kappa shape index (κ2) is 10.9. The van der Waals surface area contributed by atoms with E-state index in [0.717, 1.165) is 60.6 Å². The van der Waals surface area contributed by atoms with Crippen molar-refractivity contribution in [2.45, 2.75) is 38.5 Å². The molecule has 1 aromatic carbocycles. The molecule has 0 aliphatic carbocycles. The van der Waals surface area contributed by atoms with Crippen molar-refractivity contribution >= 4 is 33.3 Å². The summed E-state index contributed by atoms with van der Waals surface area (Å²) in [5.74, 6) is -0.204. The molecule has 1 fully saturated rings. The lowest BCUT2D eigenvalue weighted by atomic mass is 10.0. The predicted octanol–water partition coefficient (Wildman–Crippen LogP) is 2.08. The predicted molar refractivity (Wildman–Crippen MR) is 129 cm³/mol. The largest absolute Gasteiger partial charge is 0.376 e. The Morgan fingerprint density at radius 2 is 2.12 bits per heavy atom. The molecule has 1 amide bonds. The minimum absolute atomic E-state index is 0.204. The van der Waals surface area contributed by atoms with Gasteiger partial charge >= 0.3 is 0 Å². The number of H-pyrrole nitrogens is 1. The maximum atomic E-state index is 13.1. The lowest BCUT2D eigenvalue weighted by molar-refractivity contribution is 0.0738. The fourth-order valence-corrected chi connectivity index (χ4v) is 4.83. The average molecular weight is 457 g/mol. The Morgan fingerprint density at radius 3 is 2.94 bits per heavy atom. The highest BCUT2D eigenvalue weighted by Gasteiger charge is 2.25. The number of unbranched alkanes of at least 4 members (excludes halogenated alkanes) is 1. The van der Waals surface area contributed by atoms with Crippen molar-refractivity contribution in [3.05, 3.63) is 47.1 Å². The number of aliphatic hydroxyl groups excluding tert-OH is 1. The standard InChI is InChI=1S/C23H32N6O2S/c1-2-3-8-25-21(30)19(13-16-14-26-18-7-5-4-6-17(16)18)28-22(31)20-15-27-23(32-20)29-11-9-24-10-12-29/h4-7,14-15,19,21,24-26,30H,2-3,8-13H2,1H3,(H,28,31). The van der Waals surface area contributed by atoms with Crippen LogP contribution >= 0.6 is 11.3 Å². The van der Waals surface area contributed by atoms with Gasteiger partial charge in [0, 0.05) is 43.3 Å². The van der Waals surface area contributed by atoms with E-state index >= 15 is 0 Å². The van der Waals surface area contributed by atoms with Crippen molar-refractivity contribution in [2.75, 3.05) is 37.6 Å². The van der Waals surface area contributed by atoms with Crippen LogP contribution in [0.2, 0.25) is 0 Å². The van der Waals surface area contributed by atoms with Crippen LogP contribution in [0.25, 0.3) is 10.9 Å². The number of benzene rings is 1. The number of aromatic nitrogens is 2. The van der Waals surface area contributed by atoms with Crippen molar-refractivity contribution in [2.24, 2.45) is 0 Å². The number of hydrogen-bond donors (Lipinski definition) is 5. The minimum Gasteiger partial charge on any atom is -0.376 e. The fourth-order valence-electron chi connectivity index (χ4n) is 3.96. The van der Waals surface area contributed by atoms with Crippen LogP contribution < -0.4 is 20.9 Å². The third kappa shape index (κ3) is 5.47. The molecule has 5 N–H and O–H groups in total. The van der Waals surface area contributed by atoms with E-state index in [1.807, 2.05) is 24.4 Å². The Labute approximate surface area is 192 Å². The number of carbonyl (C=O) groups excluding carboxylic acids is 1. The fraction of sp³-hybridized carbons (Fsp3) is 0.478. The highest BCUT2D eigenvalue weighted by Crippen LogP contribution is 2.24. The number of nitrogens with one attached hydrogen (secondary N) is 4. The van der Waals surface area contributed by atoms with Crippen LogP contribution in [0, 0.1) is 0 Å². The Bertz CT molecular complexity index is 1010. The topological polar surface area (TPSA) is 105 Å². The molecular formula is C23H32N6O2S. The van der Waals surface area contributed by atoms with E-state index < -0.39 is 12.3 Å². The van der Waals surface area contributed by atoms with Crippen LogP contribution in [0.4, 0.5) is 5.13 Å². The first-order valence-corrected chi connectivity index (χ1v) is 12.2. The average Bonchev–Trinajstić information content (AvgIpc) is 3.47. The number of carbonyl (C=O) groups is 1. The van der Waals surface area contributed by atoms with Crippen LogP contribution in [0.1, 0.15) is 35.0 Å². The molecule has 2 atom stereocenters. The number of anilines is 1. The van der Waals surface area contributed by atoms with Crippen molar-refractivity contribution in [3.8, 4) is 0 Å². The molecule has 4 rings (SSSR count). The summed E-state index contributed by atoms with van der Waals surface area (Å²) in [4.78, 5) is 23.6. The summed E-state index contributed by atoms with van der Waals surface area (Å²) in [5, 5.41) is 22.4. The Hall–Kier alpha value is -2.46. The quantitative estimate of drug-likeness (QED) is 0.236. The van der Waals surface area contributed by atoms with Crippen molar-refractivity contribution in [1.29, 1.82) is 0 Å².